The predicted molar refractivity (Wildman–Crippen MR) is 573 cm³/mol. The summed E-state index contributed by atoms with van der Waals surface area (Å²) in [4.78, 5) is 73.6. The maximum Gasteiger partial charge on any atom is 0.265 e. The van der Waals surface area contributed by atoms with E-state index < -0.39 is 0 Å². The van der Waals surface area contributed by atoms with Gasteiger partial charge in [0.25, 0.3) is 23.6 Å². The summed E-state index contributed by atoms with van der Waals surface area (Å²) >= 11 is 0. The molecule has 145 heavy (non-hydrogen) atoms. The van der Waals surface area contributed by atoms with E-state index >= 15 is 0 Å². The molecule has 6 N–H and O–H groups in total. The zero-order chi connectivity index (χ0) is 99.3. The zero-order valence-electron chi connectivity index (χ0n) is 85.6. The lowest BCUT2D eigenvalue weighted by Crippen LogP contribution is -2.75. The normalized spacial score (nSPS) is 29.0. The SMILES string of the molecule is C=CCN1C2CCC3C1CCC2N3C(c1ccc(C(=O)NC2CCCCCC2)cc1)c1cccc(O)c1.C=CCN1C2CCC3C1CCC2N3C(c1ccc(C(=O)NN2CCCC2)cc1)c1cccc(O)c1.C=CCN1C2CCC3C1CCC2N3C(c1ccc(C(=O)NN2CCCC2)cc1)c1cccc(OC)c1.C=CCN1C2CCC3C1CCC2N3C(c1ccc(C(=O)NN2CCCCC2)cc1)c1cccc(OC)c1. The van der Waals surface area contributed by atoms with Crippen molar-refractivity contribution in [1.29, 1.82) is 0 Å². The Labute approximate surface area is 860 Å². The number of phenolic OH excluding ortho intramolecular Hbond substituents is 2. The zero-order valence-corrected chi connectivity index (χ0v) is 85.6. The molecular weight excluding hydrogens is 1800 g/mol. The number of carbonyl (C=O) groups is 4. The van der Waals surface area contributed by atoms with Crippen LogP contribution in [0.2, 0.25) is 0 Å². The van der Waals surface area contributed by atoms with Crippen LogP contribution in [0.4, 0.5) is 0 Å². The molecule has 23 aliphatic heterocycles. The second kappa shape index (κ2) is 45.6. The molecule has 24 aliphatic rings. The second-order valence-electron chi connectivity index (χ2n) is 44.2. The fourth-order valence-electron chi connectivity index (χ4n) is 30.3. The number of hydrogen-bond donors (Lipinski definition) is 6. The molecule has 20 unspecified atom stereocenters. The van der Waals surface area contributed by atoms with Crippen molar-refractivity contribution in [1.82, 2.24) is 75.8 Å². The van der Waals surface area contributed by atoms with Crippen molar-refractivity contribution < 1.29 is 38.9 Å². The van der Waals surface area contributed by atoms with Gasteiger partial charge in [-0.25, -0.2) is 15.0 Å². The van der Waals surface area contributed by atoms with Crippen molar-refractivity contribution >= 4 is 23.6 Å². The molecule has 1 saturated carbocycles. The number of rotatable bonds is 30. The number of fused-ring (bicyclic) bond motifs is 8. The van der Waals surface area contributed by atoms with Crippen LogP contribution >= 0.6 is 0 Å². The third-order valence-electron chi connectivity index (χ3n) is 36.3. The van der Waals surface area contributed by atoms with Crippen LogP contribution < -0.4 is 31.1 Å². The fourth-order valence-corrected chi connectivity index (χ4v) is 30.3. The van der Waals surface area contributed by atoms with E-state index in [9.17, 15) is 29.4 Å². The largest absolute Gasteiger partial charge is 0.508 e. The summed E-state index contributed by atoms with van der Waals surface area (Å²) in [7, 11) is 3.47. The molecule has 1 aliphatic carbocycles. The Kier molecular flexibility index (Phi) is 31.5. The van der Waals surface area contributed by atoms with Crippen molar-refractivity contribution in [2.24, 2.45) is 0 Å². The van der Waals surface area contributed by atoms with Gasteiger partial charge in [-0.15, -0.1) is 26.3 Å². The van der Waals surface area contributed by atoms with E-state index in [1.54, 1.807) is 26.4 Å². The number of amides is 4. The topological polar surface area (TPSA) is 211 Å². The molecule has 20 atom stereocenters. The molecule has 24 fully saturated rings. The van der Waals surface area contributed by atoms with Gasteiger partial charge in [-0.1, -0.05) is 153 Å². The van der Waals surface area contributed by atoms with Crippen molar-refractivity contribution in [3.05, 3.63) is 312 Å². The maximum absolute atomic E-state index is 13.1. The lowest BCUT2D eigenvalue weighted by atomic mass is 9.69. The third kappa shape index (κ3) is 20.8. The molecule has 766 valence electrons. The van der Waals surface area contributed by atoms with Crippen LogP contribution in [-0.2, 0) is 0 Å². The summed E-state index contributed by atoms with van der Waals surface area (Å²) in [5.41, 5.74) is 21.7. The summed E-state index contributed by atoms with van der Waals surface area (Å²) in [6.07, 6.45) is 43.5. The Morgan fingerprint density at radius 3 is 0.759 bits per heavy atom. The molecule has 23 saturated heterocycles. The van der Waals surface area contributed by atoms with E-state index in [2.05, 4.69) is 213 Å². The minimum atomic E-state index is -0.0384. The van der Waals surface area contributed by atoms with E-state index in [4.69, 9.17) is 9.47 Å². The molecule has 23 heterocycles. The Bertz CT molecular complexity index is 5720. The van der Waals surface area contributed by atoms with Gasteiger partial charge in [0.2, 0.25) is 0 Å². The number of methoxy groups -OCH3 is 2. The van der Waals surface area contributed by atoms with Crippen LogP contribution in [0, 0.1) is 0 Å². The van der Waals surface area contributed by atoms with E-state index in [0.717, 1.165) is 151 Å². The highest BCUT2D eigenvalue weighted by molar-refractivity contribution is 5.96. The summed E-state index contributed by atoms with van der Waals surface area (Å²) in [6, 6.07) is 75.1. The summed E-state index contributed by atoms with van der Waals surface area (Å²) in [5, 5.41) is 30.1. The number of nitrogens with zero attached hydrogens (tertiary/aromatic N) is 11. The standard InChI is InChI=1S/C32H41N3O2.C31H40N4O2.C30H38N4O2.C29H36N4O2/c1-2-20-34-27-16-18-29-28(34)17-19-30(27)35(29)31(24-8-7-11-26(36)21-24)22-12-14-23(15-13-22)32(37)33-25-9-5-3-4-6-10-25;1-3-18-34-26-14-16-28-27(34)15-17-29(26)35(28)30(24-8-7-9-25(21-24)37-2)22-10-12-23(13-11-22)31(36)32-33-19-5-4-6-20-33;1-3-17-33-25-13-15-27-26(33)14-16-28(25)34(27)29(23-7-6-8-24(20-23)36-2)21-9-11-22(12-10-21)30(35)31-32-18-4-5-19-32;1-2-16-32-24-12-14-26-25(32)13-15-27(24)33(26)28(22-6-5-7-23(34)19-22)20-8-10-21(11-9-20)29(35)30-31-17-3-4-18-31/h2,7-8,11-15,21,25,27-31,36H,1,3-6,9-10,16-20H2,(H,33,37);3,7-13,21,26-30H,1,4-6,14-20H2,2H3,(H,32,36);3,6-12,20,25-29H,1,4-5,13-19H2,2H3,(H,31,35);2,5-11,19,24-28,34H,1,3-4,12-18H2,(H,30,35). The number of nitrogens with one attached hydrogen (secondary N) is 4. The van der Waals surface area contributed by atoms with Crippen molar-refractivity contribution in [3.8, 4) is 23.0 Å². The summed E-state index contributed by atoms with van der Waals surface area (Å²) < 4.78 is 11.2. The van der Waals surface area contributed by atoms with E-state index in [-0.39, 0.29) is 47.8 Å². The van der Waals surface area contributed by atoms with Gasteiger partial charge in [0.15, 0.2) is 0 Å². The molecule has 8 aromatic carbocycles. The number of ether oxygens (including phenoxy) is 2. The molecule has 23 nitrogen and oxygen atoms in total. The van der Waals surface area contributed by atoms with Gasteiger partial charge < -0.3 is 25.0 Å². The van der Waals surface area contributed by atoms with Gasteiger partial charge >= 0.3 is 0 Å². The molecule has 0 aromatic heterocycles. The average molecular weight is 1960 g/mol. The van der Waals surface area contributed by atoms with Crippen LogP contribution in [0.1, 0.15) is 296 Å². The Morgan fingerprint density at radius 1 is 0.283 bits per heavy atom. The first-order valence-electron chi connectivity index (χ1n) is 55.4. The van der Waals surface area contributed by atoms with Gasteiger partial charge in [0.1, 0.15) is 23.0 Å². The quantitative estimate of drug-likeness (QED) is 0.0183. The number of benzene rings is 8. The minimum absolute atomic E-state index is 0.0115. The minimum Gasteiger partial charge on any atom is -0.508 e. The number of piperazine rings is 4. The molecule has 4 amide bonds. The lowest BCUT2D eigenvalue weighted by Gasteiger charge is -2.66. The number of aromatic hydroxyl groups is 2. The Balaban J connectivity index is 0.000000114. The number of phenols is 2. The average Bonchev–Trinajstić information content (AvgIpc) is 1.63. The third-order valence-corrected chi connectivity index (χ3v) is 36.3. The van der Waals surface area contributed by atoms with Crippen molar-refractivity contribution in [3.63, 3.8) is 0 Å². The monoisotopic (exact) mass is 1960 g/mol. The van der Waals surface area contributed by atoms with E-state index in [1.807, 2.05) is 94.9 Å². The number of piperidine rings is 17. The first-order chi connectivity index (χ1) is 71.1. The van der Waals surface area contributed by atoms with Crippen LogP contribution in [0.3, 0.4) is 0 Å². The molecule has 0 spiro atoms. The number of hydrazine groups is 3. The Morgan fingerprint density at radius 2 is 0.510 bits per heavy atom. The maximum atomic E-state index is 13.1. The van der Waals surface area contributed by atoms with Crippen LogP contribution in [0.25, 0.3) is 0 Å². The molecule has 23 heteroatoms. The highest BCUT2D eigenvalue weighted by Crippen LogP contribution is 2.57. The highest BCUT2D eigenvalue weighted by atomic mass is 16.5. The van der Waals surface area contributed by atoms with Gasteiger partial charge in [-0.2, -0.15) is 0 Å². The van der Waals surface area contributed by atoms with E-state index in [0.29, 0.717) is 125 Å². The van der Waals surface area contributed by atoms with Gasteiger partial charge in [-0.3, -0.25) is 74.7 Å². The number of carbonyl (C=O) groups excluding carboxylic acids is 4. The van der Waals surface area contributed by atoms with Crippen molar-refractivity contribution in [2.45, 2.75) is 313 Å². The van der Waals surface area contributed by atoms with Crippen molar-refractivity contribution in [2.75, 3.05) is 79.7 Å². The second-order valence-corrected chi connectivity index (χ2v) is 44.2. The summed E-state index contributed by atoms with van der Waals surface area (Å²) in [6.45, 7) is 25.6. The van der Waals surface area contributed by atoms with Crippen LogP contribution in [0.15, 0.2) is 245 Å². The lowest BCUT2D eigenvalue weighted by molar-refractivity contribution is -0.151. The molecule has 0 radical (unpaired) electrons. The predicted octanol–water partition coefficient (Wildman–Crippen LogP) is 19.1. The highest BCUT2D eigenvalue weighted by Gasteiger charge is 2.61. The fraction of sp³-hybridized carbons (Fsp3) is 0.508. The van der Waals surface area contributed by atoms with Gasteiger partial charge in [-0.05, 0) is 296 Å². The van der Waals surface area contributed by atoms with Gasteiger partial charge in [0, 0.05) is 190 Å². The molecule has 16 bridgehead atoms. The smallest absolute Gasteiger partial charge is 0.265 e. The van der Waals surface area contributed by atoms with Gasteiger partial charge in [0.05, 0.1) is 38.4 Å². The first kappa shape index (κ1) is 100. The molecule has 32 rings (SSSR count). The van der Waals surface area contributed by atoms with Crippen LogP contribution in [0.5, 0.6) is 23.0 Å². The summed E-state index contributed by atoms with van der Waals surface area (Å²) in [5.74, 6) is 2.37. The first-order valence-corrected chi connectivity index (χ1v) is 55.4. The molecular formula is C122H155N15O8. The molecule has 8 aromatic rings. The Hall–Kier alpha value is -10.6. The van der Waals surface area contributed by atoms with E-state index in [1.165, 1.54) is 168 Å². The van der Waals surface area contributed by atoms with Crippen LogP contribution in [-0.4, -0.2) is 270 Å². The number of hydrogen-bond acceptors (Lipinski definition) is 19.